The minimum Gasteiger partial charge on any atom is -0.497 e. The molecule has 0 aliphatic carbocycles. The van der Waals surface area contributed by atoms with Crippen LogP contribution in [0.4, 0.5) is 0 Å². The zero-order valence-corrected chi connectivity index (χ0v) is 22.0. The topological polar surface area (TPSA) is 164 Å². The van der Waals surface area contributed by atoms with Crippen molar-refractivity contribution in [2.45, 2.75) is 63.9 Å². The molecule has 0 bridgehead atoms. The molecule has 1 amide bonds. The molecule has 2 rings (SSSR count). The predicted octanol–water partition coefficient (Wildman–Crippen LogP) is 0.0987. The summed E-state index contributed by atoms with van der Waals surface area (Å²) in [5.41, 5.74) is 2.99. The Morgan fingerprint density at radius 2 is 1.73 bits per heavy atom. The summed E-state index contributed by atoms with van der Waals surface area (Å²) in [5.74, 6) is -4.24. The number of hydrogen-bond donors (Lipinski definition) is 2. The number of hydrogen-bond acceptors (Lipinski definition) is 11. The number of amides is 1. The van der Waals surface area contributed by atoms with Crippen molar-refractivity contribution in [2.75, 3.05) is 27.3 Å². The van der Waals surface area contributed by atoms with Crippen LogP contribution in [0.25, 0.3) is 0 Å². The van der Waals surface area contributed by atoms with Crippen molar-refractivity contribution in [1.82, 2.24) is 10.2 Å². The molecule has 1 heterocycles. The Hall–Kier alpha value is -3.51. The van der Waals surface area contributed by atoms with Crippen LogP contribution in [0.2, 0.25) is 0 Å². The van der Waals surface area contributed by atoms with Gasteiger partial charge in [0.25, 0.3) is 0 Å². The first-order valence-corrected chi connectivity index (χ1v) is 11.7. The van der Waals surface area contributed by atoms with Gasteiger partial charge in [0.15, 0.2) is 0 Å². The van der Waals surface area contributed by atoms with Crippen molar-refractivity contribution in [1.29, 1.82) is 0 Å². The van der Waals surface area contributed by atoms with E-state index in [1.54, 1.807) is 45.0 Å². The Morgan fingerprint density at radius 3 is 2.24 bits per heavy atom. The van der Waals surface area contributed by atoms with Crippen molar-refractivity contribution in [3.63, 3.8) is 0 Å². The molecule has 1 fully saturated rings. The molecule has 0 spiro atoms. The number of carbonyl (C=O) groups excluding carboxylic acids is 5. The molecule has 1 aliphatic heterocycles. The van der Waals surface area contributed by atoms with Gasteiger partial charge < -0.3 is 30.0 Å². The number of carbonyl (C=O) groups is 5. The van der Waals surface area contributed by atoms with Crippen molar-refractivity contribution in [2.24, 2.45) is 5.73 Å². The lowest BCUT2D eigenvalue weighted by Crippen LogP contribution is -2.73. The van der Waals surface area contributed by atoms with Crippen LogP contribution in [0.1, 0.15) is 39.7 Å². The Kier molecular flexibility index (Phi) is 9.76. The monoisotopic (exact) mass is 521 g/mol. The summed E-state index contributed by atoms with van der Waals surface area (Å²) in [6.45, 7) is 5.56. The largest absolute Gasteiger partial charge is 0.497 e. The van der Waals surface area contributed by atoms with E-state index in [0.29, 0.717) is 11.3 Å². The summed E-state index contributed by atoms with van der Waals surface area (Å²) in [7, 11) is 2.68. The molecule has 37 heavy (non-hydrogen) atoms. The summed E-state index contributed by atoms with van der Waals surface area (Å²) >= 11 is 0. The number of esters is 3. The number of rotatable bonds is 10. The highest BCUT2D eigenvalue weighted by Gasteiger charge is 2.61. The third-order valence-electron chi connectivity index (χ3n) is 5.52. The van der Waals surface area contributed by atoms with E-state index < -0.39 is 53.0 Å². The lowest BCUT2D eigenvalue weighted by atomic mass is 9.92. The fourth-order valence-corrected chi connectivity index (χ4v) is 3.86. The van der Waals surface area contributed by atoms with Gasteiger partial charge >= 0.3 is 23.6 Å². The van der Waals surface area contributed by atoms with Crippen molar-refractivity contribution in [3.8, 4) is 5.75 Å². The first-order valence-electron chi connectivity index (χ1n) is 11.7. The molecule has 12 heteroatoms. The number of nitrogens with one attached hydrogen (secondary N) is 1. The molecule has 3 atom stereocenters. The van der Waals surface area contributed by atoms with Crippen molar-refractivity contribution in [3.05, 3.63) is 29.8 Å². The maximum absolute atomic E-state index is 14.0. The highest BCUT2D eigenvalue weighted by Crippen LogP contribution is 2.29. The summed E-state index contributed by atoms with van der Waals surface area (Å²) in [6.07, 6.45) is -0.414. The van der Waals surface area contributed by atoms with Crippen LogP contribution in [-0.4, -0.2) is 85.2 Å². The van der Waals surface area contributed by atoms with Gasteiger partial charge in [0, 0.05) is 20.0 Å². The number of ether oxygens (including phenoxy) is 4. The normalized spacial score (nSPS) is 18.3. The van der Waals surface area contributed by atoms with E-state index >= 15 is 0 Å². The number of Topliss-reactive ketones (excluding diaryl/α,β-unsaturated/α-hetero) is 1. The van der Waals surface area contributed by atoms with Crippen LogP contribution >= 0.6 is 0 Å². The highest BCUT2D eigenvalue weighted by molar-refractivity contribution is 6.13. The van der Waals surface area contributed by atoms with Crippen LogP contribution < -0.4 is 15.8 Å². The molecule has 1 aliphatic rings. The quantitative estimate of drug-likeness (QED) is 0.244. The molecule has 1 aromatic carbocycles. The maximum Gasteiger partial charge on any atom is 0.381 e. The van der Waals surface area contributed by atoms with Crippen LogP contribution in [0.5, 0.6) is 5.75 Å². The Balaban J connectivity index is 2.56. The zero-order valence-electron chi connectivity index (χ0n) is 22.0. The summed E-state index contributed by atoms with van der Waals surface area (Å²) in [4.78, 5) is 66.0. The molecule has 0 radical (unpaired) electrons. The molecule has 1 aromatic rings. The first kappa shape index (κ1) is 29.7. The van der Waals surface area contributed by atoms with Crippen LogP contribution in [-0.2, 0) is 44.6 Å². The SMILES string of the molecule is COC(=O)CC1NCCN(C(OC(C)=O)(C(=O)OC(C)(C)C)C(=O)[C@@H](N)Cc2ccc(OC)cc2)C1=O. The van der Waals surface area contributed by atoms with Crippen LogP contribution in [0, 0.1) is 0 Å². The number of piperazine rings is 1. The van der Waals surface area contributed by atoms with Gasteiger partial charge in [-0.15, -0.1) is 0 Å². The summed E-state index contributed by atoms with van der Waals surface area (Å²) < 4.78 is 20.7. The van der Waals surface area contributed by atoms with Gasteiger partial charge in [-0.1, -0.05) is 12.1 Å². The zero-order chi connectivity index (χ0) is 28.0. The summed E-state index contributed by atoms with van der Waals surface area (Å²) in [6, 6.07) is 4.23. The second kappa shape index (κ2) is 12.2. The second-order valence-electron chi connectivity index (χ2n) is 9.54. The van der Waals surface area contributed by atoms with E-state index in [-0.39, 0.29) is 25.9 Å². The molecular weight excluding hydrogens is 486 g/mol. The van der Waals surface area contributed by atoms with E-state index in [9.17, 15) is 24.0 Å². The van der Waals surface area contributed by atoms with Gasteiger partial charge in [-0.25, -0.2) is 4.79 Å². The molecule has 0 aromatic heterocycles. The smallest absolute Gasteiger partial charge is 0.381 e. The Labute approximate surface area is 215 Å². The number of nitrogens with two attached hydrogens (primary N) is 1. The second-order valence-corrected chi connectivity index (χ2v) is 9.54. The average Bonchev–Trinajstić information content (AvgIpc) is 2.82. The minimum atomic E-state index is -2.81. The lowest BCUT2D eigenvalue weighted by Gasteiger charge is -2.44. The van der Waals surface area contributed by atoms with E-state index in [2.05, 4.69) is 10.1 Å². The highest BCUT2D eigenvalue weighted by atomic mass is 16.6. The number of benzene rings is 1. The molecule has 1 saturated heterocycles. The molecule has 12 nitrogen and oxygen atoms in total. The number of methoxy groups -OCH3 is 2. The minimum absolute atomic E-state index is 0.0412. The molecule has 3 N–H and O–H groups in total. The van der Waals surface area contributed by atoms with Gasteiger partial charge in [-0.3, -0.25) is 24.1 Å². The van der Waals surface area contributed by atoms with Crippen LogP contribution in [0.3, 0.4) is 0 Å². The fraction of sp³-hybridized carbons (Fsp3) is 0.560. The molecular formula is C25H35N3O9. The molecule has 2 unspecified atom stereocenters. The third kappa shape index (κ3) is 7.26. The van der Waals surface area contributed by atoms with E-state index in [1.807, 2.05) is 0 Å². The van der Waals surface area contributed by atoms with Gasteiger partial charge in [-0.2, -0.15) is 0 Å². The van der Waals surface area contributed by atoms with Gasteiger partial charge in [0.05, 0.1) is 32.7 Å². The van der Waals surface area contributed by atoms with E-state index in [1.165, 1.54) is 14.2 Å². The van der Waals surface area contributed by atoms with E-state index in [4.69, 9.17) is 19.9 Å². The third-order valence-corrected chi connectivity index (χ3v) is 5.52. The molecule has 0 saturated carbocycles. The van der Waals surface area contributed by atoms with Gasteiger partial charge in [0.2, 0.25) is 11.7 Å². The number of ketones is 1. The van der Waals surface area contributed by atoms with Gasteiger partial charge in [0.1, 0.15) is 11.4 Å². The predicted molar refractivity (Wildman–Crippen MR) is 130 cm³/mol. The standard InChI is InChI=1S/C25H35N3O9/c1-15(29)36-25(23(33)37-24(2,3)4,28-12-11-27-19(22(28)32)14-20(30)35-6)21(31)18(26)13-16-7-9-17(34-5)10-8-16/h7-10,18-19,27H,11-14,26H2,1-6H3/t18-,19?,25?/m0/s1. The maximum atomic E-state index is 14.0. The first-order chi connectivity index (χ1) is 17.2. The molecule has 204 valence electrons. The van der Waals surface area contributed by atoms with E-state index in [0.717, 1.165) is 11.8 Å². The van der Waals surface area contributed by atoms with Crippen molar-refractivity contribution >= 4 is 29.6 Å². The number of nitrogens with zero attached hydrogens (tertiary/aromatic N) is 1. The van der Waals surface area contributed by atoms with Crippen molar-refractivity contribution < 1.29 is 42.9 Å². The average molecular weight is 522 g/mol. The van der Waals surface area contributed by atoms with Gasteiger partial charge in [-0.05, 0) is 44.9 Å². The lowest BCUT2D eigenvalue weighted by molar-refractivity contribution is -0.217. The Bertz CT molecular complexity index is 1020. The Morgan fingerprint density at radius 1 is 1.11 bits per heavy atom. The fourth-order valence-electron chi connectivity index (χ4n) is 3.86. The van der Waals surface area contributed by atoms with Crippen LogP contribution in [0.15, 0.2) is 24.3 Å². The summed E-state index contributed by atoms with van der Waals surface area (Å²) in [5, 5.41) is 2.86.